The van der Waals surface area contributed by atoms with Crippen molar-refractivity contribution in [2.45, 2.75) is 6.92 Å². The number of nitrogens with zero attached hydrogens (tertiary/aromatic N) is 2. The van der Waals surface area contributed by atoms with Crippen molar-refractivity contribution in [1.82, 2.24) is 9.55 Å². The SMILES string of the molecule is Cc1cc(-c2ccnc(Cl)c2)cn1C. The normalized spacial score (nSPS) is 10.5. The molecule has 0 N–H and O–H groups in total. The Kier molecular flexibility index (Phi) is 2.30. The van der Waals surface area contributed by atoms with E-state index >= 15 is 0 Å². The van der Waals surface area contributed by atoms with Gasteiger partial charge in [-0.25, -0.2) is 4.98 Å². The lowest BCUT2D eigenvalue weighted by molar-refractivity contribution is 0.883. The minimum atomic E-state index is 0.531. The fraction of sp³-hybridized carbons (Fsp3) is 0.182. The Hall–Kier alpha value is -1.28. The first-order chi connectivity index (χ1) is 6.66. The molecule has 2 heterocycles. The van der Waals surface area contributed by atoms with Crippen molar-refractivity contribution in [1.29, 1.82) is 0 Å². The lowest BCUT2D eigenvalue weighted by atomic mass is 10.1. The van der Waals surface area contributed by atoms with Crippen molar-refractivity contribution in [2.75, 3.05) is 0 Å². The molecule has 0 aliphatic rings. The van der Waals surface area contributed by atoms with E-state index in [0.29, 0.717) is 5.15 Å². The van der Waals surface area contributed by atoms with Crippen molar-refractivity contribution in [3.8, 4) is 11.1 Å². The zero-order chi connectivity index (χ0) is 10.1. The molecule has 0 fully saturated rings. The maximum atomic E-state index is 5.82. The summed E-state index contributed by atoms with van der Waals surface area (Å²) >= 11 is 5.82. The van der Waals surface area contributed by atoms with Crippen molar-refractivity contribution in [2.24, 2.45) is 7.05 Å². The minimum Gasteiger partial charge on any atom is -0.354 e. The average molecular weight is 207 g/mol. The summed E-state index contributed by atoms with van der Waals surface area (Å²) in [5, 5.41) is 0.531. The van der Waals surface area contributed by atoms with Gasteiger partial charge >= 0.3 is 0 Å². The molecule has 0 saturated carbocycles. The predicted molar refractivity (Wildman–Crippen MR) is 58.4 cm³/mol. The molecule has 2 aromatic heterocycles. The molecule has 0 aromatic carbocycles. The van der Waals surface area contributed by atoms with Crippen LogP contribution in [0.2, 0.25) is 5.15 Å². The summed E-state index contributed by atoms with van der Waals surface area (Å²) in [4.78, 5) is 3.95. The van der Waals surface area contributed by atoms with Gasteiger partial charge in [0.15, 0.2) is 0 Å². The third kappa shape index (κ3) is 1.66. The van der Waals surface area contributed by atoms with Crippen LogP contribution >= 0.6 is 11.6 Å². The van der Waals surface area contributed by atoms with Gasteiger partial charge in [0, 0.05) is 25.1 Å². The molecule has 0 unspecified atom stereocenters. The van der Waals surface area contributed by atoms with E-state index in [4.69, 9.17) is 11.6 Å². The van der Waals surface area contributed by atoms with Crippen LogP contribution in [0.1, 0.15) is 5.69 Å². The van der Waals surface area contributed by atoms with E-state index in [2.05, 4.69) is 28.7 Å². The van der Waals surface area contributed by atoms with Crippen molar-refractivity contribution in [3.63, 3.8) is 0 Å². The summed E-state index contributed by atoms with van der Waals surface area (Å²) < 4.78 is 2.09. The summed E-state index contributed by atoms with van der Waals surface area (Å²) in [5.41, 5.74) is 3.51. The van der Waals surface area contributed by atoms with Gasteiger partial charge in [0.25, 0.3) is 0 Å². The van der Waals surface area contributed by atoms with E-state index in [1.54, 1.807) is 6.20 Å². The van der Waals surface area contributed by atoms with Gasteiger partial charge in [-0.15, -0.1) is 0 Å². The first-order valence-corrected chi connectivity index (χ1v) is 4.79. The zero-order valence-electron chi connectivity index (χ0n) is 8.16. The summed E-state index contributed by atoms with van der Waals surface area (Å²) in [6.07, 6.45) is 3.81. The number of pyridine rings is 1. The highest BCUT2D eigenvalue weighted by Crippen LogP contribution is 2.22. The van der Waals surface area contributed by atoms with Crippen LogP contribution in [-0.4, -0.2) is 9.55 Å². The van der Waals surface area contributed by atoms with E-state index in [1.807, 2.05) is 19.2 Å². The van der Waals surface area contributed by atoms with Crippen LogP contribution in [0, 0.1) is 6.92 Å². The second-order valence-electron chi connectivity index (χ2n) is 3.35. The monoisotopic (exact) mass is 206 g/mol. The number of hydrogen-bond acceptors (Lipinski definition) is 1. The third-order valence-corrected chi connectivity index (χ3v) is 2.52. The molecule has 0 saturated heterocycles. The van der Waals surface area contributed by atoms with E-state index in [0.717, 1.165) is 5.56 Å². The number of halogens is 1. The van der Waals surface area contributed by atoms with Gasteiger partial charge in [-0.2, -0.15) is 0 Å². The van der Waals surface area contributed by atoms with Gasteiger partial charge in [0.05, 0.1) is 0 Å². The van der Waals surface area contributed by atoms with E-state index in [1.165, 1.54) is 11.3 Å². The molecule has 0 aliphatic carbocycles. The Balaban J connectivity index is 2.49. The largest absolute Gasteiger partial charge is 0.354 e. The smallest absolute Gasteiger partial charge is 0.129 e. The fourth-order valence-corrected chi connectivity index (χ4v) is 1.59. The second-order valence-corrected chi connectivity index (χ2v) is 3.74. The van der Waals surface area contributed by atoms with E-state index in [9.17, 15) is 0 Å². The summed E-state index contributed by atoms with van der Waals surface area (Å²) in [6.45, 7) is 2.08. The molecule has 2 aromatic rings. The van der Waals surface area contributed by atoms with Crippen LogP contribution in [-0.2, 0) is 7.05 Å². The number of rotatable bonds is 1. The maximum Gasteiger partial charge on any atom is 0.129 e. The molecule has 2 rings (SSSR count). The first kappa shape index (κ1) is 9.28. The maximum absolute atomic E-state index is 5.82. The lowest BCUT2D eigenvalue weighted by Crippen LogP contribution is -1.85. The highest BCUT2D eigenvalue weighted by molar-refractivity contribution is 6.29. The van der Waals surface area contributed by atoms with Crippen molar-refractivity contribution >= 4 is 11.6 Å². The number of hydrogen-bond donors (Lipinski definition) is 0. The standard InChI is InChI=1S/C11H11ClN2/c1-8-5-10(7-14(8)2)9-3-4-13-11(12)6-9/h3-7H,1-2H3. The quantitative estimate of drug-likeness (QED) is 0.656. The van der Waals surface area contributed by atoms with Crippen LogP contribution in [0.3, 0.4) is 0 Å². The molecule has 0 aliphatic heterocycles. The minimum absolute atomic E-state index is 0.531. The van der Waals surface area contributed by atoms with Gasteiger partial charge in [-0.3, -0.25) is 0 Å². The molecule has 72 valence electrons. The van der Waals surface area contributed by atoms with Gasteiger partial charge in [-0.1, -0.05) is 11.6 Å². The summed E-state index contributed by atoms with van der Waals surface area (Å²) in [5.74, 6) is 0. The predicted octanol–water partition coefficient (Wildman–Crippen LogP) is 3.05. The van der Waals surface area contributed by atoms with Crippen LogP contribution in [0.15, 0.2) is 30.6 Å². The molecule has 0 atom stereocenters. The Bertz CT molecular complexity index is 441. The Morgan fingerprint density at radius 1 is 1.29 bits per heavy atom. The topological polar surface area (TPSA) is 17.8 Å². The summed E-state index contributed by atoms with van der Waals surface area (Å²) in [6, 6.07) is 5.96. The Labute approximate surface area is 88.2 Å². The molecule has 0 bridgehead atoms. The van der Waals surface area contributed by atoms with Crippen molar-refractivity contribution in [3.05, 3.63) is 41.4 Å². The highest BCUT2D eigenvalue weighted by Gasteiger charge is 2.02. The Morgan fingerprint density at radius 2 is 2.07 bits per heavy atom. The molecular formula is C11H11ClN2. The van der Waals surface area contributed by atoms with Gasteiger partial charge in [0.2, 0.25) is 0 Å². The fourth-order valence-electron chi connectivity index (χ4n) is 1.41. The van der Waals surface area contributed by atoms with Gasteiger partial charge in [0.1, 0.15) is 5.15 Å². The molecule has 0 radical (unpaired) electrons. The molecule has 0 spiro atoms. The molecule has 3 heteroatoms. The van der Waals surface area contributed by atoms with E-state index in [-0.39, 0.29) is 0 Å². The van der Waals surface area contributed by atoms with Crippen LogP contribution in [0.25, 0.3) is 11.1 Å². The Morgan fingerprint density at radius 3 is 2.64 bits per heavy atom. The third-order valence-electron chi connectivity index (χ3n) is 2.31. The van der Waals surface area contributed by atoms with Crippen LogP contribution in [0.5, 0.6) is 0 Å². The van der Waals surface area contributed by atoms with Crippen LogP contribution < -0.4 is 0 Å². The summed E-state index contributed by atoms with van der Waals surface area (Å²) in [7, 11) is 2.03. The average Bonchev–Trinajstić information content (AvgIpc) is 2.47. The zero-order valence-corrected chi connectivity index (χ0v) is 8.92. The molecule has 2 nitrogen and oxygen atoms in total. The second kappa shape index (κ2) is 3.46. The van der Waals surface area contributed by atoms with Crippen molar-refractivity contribution < 1.29 is 0 Å². The van der Waals surface area contributed by atoms with Gasteiger partial charge in [-0.05, 0) is 36.2 Å². The van der Waals surface area contributed by atoms with Gasteiger partial charge < -0.3 is 4.57 Å². The highest BCUT2D eigenvalue weighted by atomic mass is 35.5. The molecular weight excluding hydrogens is 196 g/mol. The van der Waals surface area contributed by atoms with E-state index < -0.39 is 0 Å². The first-order valence-electron chi connectivity index (χ1n) is 4.42. The molecule has 0 amide bonds. The number of aryl methyl sites for hydroxylation is 2. The molecule has 14 heavy (non-hydrogen) atoms. The lowest BCUT2D eigenvalue weighted by Gasteiger charge is -1.96. The number of aromatic nitrogens is 2. The van der Waals surface area contributed by atoms with Crippen LogP contribution in [0.4, 0.5) is 0 Å².